The van der Waals surface area contributed by atoms with Gasteiger partial charge >= 0.3 is 0 Å². The number of pyridine rings is 1. The van der Waals surface area contributed by atoms with Gasteiger partial charge in [-0.25, -0.2) is 0 Å². The van der Waals surface area contributed by atoms with Crippen LogP contribution in [0, 0.1) is 0 Å². The number of hydrogen-bond donors (Lipinski definition) is 2. The Morgan fingerprint density at radius 2 is 1.63 bits per heavy atom. The largest absolute Gasteiger partial charge is 0.502 e. The second kappa shape index (κ2) is 10.3. The molecule has 9 heteroatoms. The van der Waals surface area contributed by atoms with Crippen molar-refractivity contribution in [3.63, 3.8) is 0 Å². The number of rotatable bonds is 6. The molecule has 2 N–H and O–H groups in total. The summed E-state index contributed by atoms with van der Waals surface area (Å²) in [6.45, 7) is 3.76. The molecule has 9 nitrogen and oxygen atoms in total. The van der Waals surface area contributed by atoms with Gasteiger partial charge in [0.05, 0.1) is 12.6 Å². The molecule has 1 atom stereocenters. The van der Waals surface area contributed by atoms with E-state index in [1.807, 2.05) is 43.1 Å². The lowest BCUT2D eigenvalue weighted by atomic mass is 9.93. The van der Waals surface area contributed by atoms with Gasteiger partial charge in [0, 0.05) is 25.4 Å². The van der Waals surface area contributed by atoms with Crippen molar-refractivity contribution in [1.29, 1.82) is 0 Å². The van der Waals surface area contributed by atoms with Crippen LogP contribution in [-0.4, -0.2) is 59.0 Å². The number of carbonyl (C=O) groups is 2. The van der Waals surface area contributed by atoms with Gasteiger partial charge in [-0.2, -0.15) is 0 Å². The summed E-state index contributed by atoms with van der Waals surface area (Å²) in [7, 11) is 1.45. The number of benzene rings is 2. The van der Waals surface area contributed by atoms with Crippen molar-refractivity contribution in [3.05, 3.63) is 99.0 Å². The zero-order valence-corrected chi connectivity index (χ0v) is 21.8. The average Bonchev–Trinajstić information content (AvgIpc) is 3.06. The summed E-state index contributed by atoms with van der Waals surface area (Å²) in [5.74, 6) is -1.38. The van der Waals surface area contributed by atoms with Crippen LogP contribution >= 0.6 is 0 Å². The number of hydrogen-bond acceptors (Lipinski definition) is 6. The molecular formula is C29H32N4O5. The number of fused-ring (bicyclic) bond motifs is 3. The summed E-state index contributed by atoms with van der Waals surface area (Å²) >= 11 is 0. The minimum Gasteiger partial charge on any atom is -0.502 e. The summed E-state index contributed by atoms with van der Waals surface area (Å²) in [4.78, 5) is 40.4. The molecule has 0 fully saturated rings. The maximum Gasteiger partial charge on any atom is 0.278 e. The fourth-order valence-corrected chi connectivity index (χ4v) is 5.67. The zero-order valence-electron chi connectivity index (χ0n) is 21.8. The number of amides is 2. The van der Waals surface area contributed by atoms with Gasteiger partial charge in [-0.1, -0.05) is 48.5 Å². The van der Waals surface area contributed by atoms with Crippen LogP contribution in [-0.2, 0) is 22.4 Å². The Hall–Kier alpha value is -4.11. The Labute approximate surface area is 221 Å². The molecule has 3 aromatic rings. The SMILES string of the molecule is COCC(=O)NCC1N(C(C)C)C(=O)c2c(O)c(=O)ccn2N1C1c2ccccc2CCc2ccccc21. The zero-order chi connectivity index (χ0) is 27.0. The topological polar surface area (TPSA) is 104 Å². The molecule has 1 unspecified atom stereocenters. The van der Waals surface area contributed by atoms with Crippen LogP contribution in [0.1, 0.15) is 52.6 Å². The highest BCUT2D eigenvalue weighted by Gasteiger charge is 2.45. The molecule has 1 aliphatic heterocycles. The van der Waals surface area contributed by atoms with Crippen LogP contribution in [0.2, 0.25) is 0 Å². The molecule has 0 radical (unpaired) electrons. The molecule has 1 aliphatic carbocycles. The molecule has 2 aliphatic rings. The van der Waals surface area contributed by atoms with Gasteiger partial charge in [0.25, 0.3) is 5.91 Å². The third kappa shape index (κ3) is 4.32. The van der Waals surface area contributed by atoms with E-state index in [-0.39, 0.29) is 36.8 Å². The quantitative estimate of drug-likeness (QED) is 0.521. The summed E-state index contributed by atoms with van der Waals surface area (Å²) in [5, 5.41) is 15.8. The van der Waals surface area contributed by atoms with Gasteiger partial charge in [-0.15, -0.1) is 0 Å². The molecule has 0 saturated heterocycles. The Kier molecular flexibility index (Phi) is 6.94. The molecule has 38 heavy (non-hydrogen) atoms. The van der Waals surface area contributed by atoms with E-state index in [9.17, 15) is 19.5 Å². The number of nitrogens with one attached hydrogen (secondary N) is 1. The number of aryl methyl sites for hydroxylation is 2. The van der Waals surface area contributed by atoms with E-state index in [4.69, 9.17) is 4.74 Å². The third-order valence-electron chi connectivity index (χ3n) is 7.31. The maximum atomic E-state index is 13.8. The van der Waals surface area contributed by atoms with E-state index in [2.05, 4.69) is 29.6 Å². The Morgan fingerprint density at radius 1 is 1.03 bits per heavy atom. The van der Waals surface area contributed by atoms with Gasteiger partial charge in [-0.05, 0) is 48.9 Å². The van der Waals surface area contributed by atoms with E-state index in [1.165, 1.54) is 30.5 Å². The molecule has 1 aromatic heterocycles. The van der Waals surface area contributed by atoms with Gasteiger partial charge < -0.3 is 20.1 Å². The van der Waals surface area contributed by atoms with Crippen molar-refractivity contribution in [2.45, 2.75) is 44.9 Å². The first kappa shape index (κ1) is 25.5. The van der Waals surface area contributed by atoms with E-state index in [0.717, 1.165) is 24.0 Å². The number of methoxy groups -OCH3 is 1. The predicted octanol–water partition coefficient (Wildman–Crippen LogP) is 2.33. The van der Waals surface area contributed by atoms with Crippen molar-refractivity contribution in [3.8, 4) is 5.75 Å². The molecule has 0 saturated carbocycles. The van der Waals surface area contributed by atoms with Crippen molar-refractivity contribution in [2.24, 2.45) is 0 Å². The number of carbonyl (C=O) groups excluding carboxylic acids is 2. The lowest BCUT2D eigenvalue weighted by molar-refractivity contribution is -0.125. The van der Waals surface area contributed by atoms with Gasteiger partial charge in [0.1, 0.15) is 12.8 Å². The van der Waals surface area contributed by atoms with Crippen LogP contribution in [0.3, 0.4) is 0 Å². The standard InChI is InChI=1S/C29H32N4O5/c1-18(2)32-25(16-30-24(35)17-38-3)33(31-15-14-23(34)28(36)27(31)29(32)37)26-21-10-6-4-8-19(21)12-13-20-9-5-7-11-22(20)26/h4-11,14-15,18,25-26,36H,12-13,16-17H2,1-3H3,(H,30,35). The second-order valence-corrected chi connectivity index (χ2v) is 9.93. The fourth-order valence-electron chi connectivity index (χ4n) is 5.67. The monoisotopic (exact) mass is 516 g/mol. The average molecular weight is 517 g/mol. The molecule has 0 spiro atoms. The van der Waals surface area contributed by atoms with E-state index < -0.39 is 23.3 Å². The molecule has 0 bridgehead atoms. The van der Waals surface area contributed by atoms with Crippen LogP contribution in [0.5, 0.6) is 5.75 Å². The Bertz CT molecular complexity index is 1380. The lowest BCUT2D eigenvalue weighted by Gasteiger charge is -2.51. The smallest absolute Gasteiger partial charge is 0.278 e. The normalized spacial score (nSPS) is 17.1. The van der Waals surface area contributed by atoms with Crippen molar-refractivity contribution in [2.75, 3.05) is 25.3 Å². The minimum atomic E-state index is -0.637. The van der Waals surface area contributed by atoms with Crippen LogP contribution in [0.4, 0.5) is 0 Å². The summed E-state index contributed by atoms with van der Waals surface area (Å²) in [6.07, 6.45) is 2.60. The molecule has 2 aromatic carbocycles. The molecule has 198 valence electrons. The first-order chi connectivity index (χ1) is 18.3. The van der Waals surface area contributed by atoms with E-state index >= 15 is 0 Å². The van der Waals surface area contributed by atoms with Crippen LogP contribution in [0.25, 0.3) is 0 Å². The Morgan fingerprint density at radius 3 is 2.21 bits per heavy atom. The number of nitrogens with zero attached hydrogens (tertiary/aromatic N) is 3. The molecular weight excluding hydrogens is 484 g/mol. The van der Waals surface area contributed by atoms with Gasteiger partial charge in [0.2, 0.25) is 11.3 Å². The van der Waals surface area contributed by atoms with E-state index in [1.54, 1.807) is 9.58 Å². The number of ether oxygens (including phenoxy) is 1. The summed E-state index contributed by atoms with van der Waals surface area (Å²) < 4.78 is 6.59. The van der Waals surface area contributed by atoms with Crippen molar-refractivity contribution >= 4 is 11.8 Å². The second-order valence-electron chi connectivity index (χ2n) is 9.93. The molecule has 2 heterocycles. The molecule has 2 amide bonds. The van der Waals surface area contributed by atoms with Gasteiger partial charge in [-0.3, -0.25) is 24.1 Å². The minimum absolute atomic E-state index is 0.0927. The predicted molar refractivity (Wildman–Crippen MR) is 143 cm³/mol. The lowest BCUT2D eigenvalue weighted by Crippen LogP contribution is -2.67. The first-order valence-electron chi connectivity index (χ1n) is 12.8. The highest BCUT2D eigenvalue weighted by Crippen LogP contribution is 2.40. The van der Waals surface area contributed by atoms with Crippen molar-refractivity contribution < 1.29 is 19.4 Å². The van der Waals surface area contributed by atoms with Crippen molar-refractivity contribution in [1.82, 2.24) is 14.9 Å². The maximum absolute atomic E-state index is 13.8. The van der Waals surface area contributed by atoms with Gasteiger partial charge in [0.15, 0.2) is 11.4 Å². The third-order valence-corrected chi connectivity index (χ3v) is 7.31. The van der Waals surface area contributed by atoms with Crippen LogP contribution in [0.15, 0.2) is 65.6 Å². The first-order valence-corrected chi connectivity index (χ1v) is 12.8. The van der Waals surface area contributed by atoms with Crippen LogP contribution < -0.4 is 15.8 Å². The number of aromatic hydroxyl groups is 1. The van der Waals surface area contributed by atoms with E-state index in [0.29, 0.717) is 0 Å². The Balaban J connectivity index is 1.79. The summed E-state index contributed by atoms with van der Waals surface area (Å²) in [6, 6.07) is 17.0. The highest BCUT2D eigenvalue weighted by atomic mass is 16.5. The summed E-state index contributed by atoms with van der Waals surface area (Å²) in [5.41, 5.74) is 3.76. The molecule has 5 rings (SSSR count). The fraction of sp³-hybridized carbons (Fsp3) is 0.345. The highest BCUT2D eigenvalue weighted by molar-refractivity contribution is 5.96. The number of aromatic nitrogens is 1.